The molecule has 0 saturated heterocycles. The molecule has 0 unspecified atom stereocenters. The molecule has 1 aromatic carbocycles. The van der Waals surface area contributed by atoms with E-state index in [9.17, 15) is 9.90 Å². The van der Waals surface area contributed by atoms with Crippen LogP contribution in [-0.4, -0.2) is 11.0 Å². The number of para-hydroxylation sites is 1. The summed E-state index contributed by atoms with van der Waals surface area (Å²) < 4.78 is 5.21. The molecule has 0 saturated carbocycles. The summed E-state index contributed by atoms with van der Waals surface area (Å²) >= 11 is 0. The third-order valence-electron chi connectivity index (χ3n) is 2.52. The highest BCUT2D eigenvalue weighted by molar-refractivity contribution is 5.91. The van der Waals surface area contributed by atoms with E-state index < -0.39 is 0 Å². The summed E-state index contributed by atoms with van der Waals surface area (Å²) in [7, 11) is 0. The summed E-state index contributed by atoms with van der Waals surface area (Å²) in [4.78, 5) is 11.7. The van der Waals surface area contributed by atoms with Crippen molar-refractivity contribution in [1.82, 2.24) is 5.32 Å². The fourth-order valence-corrected chi connectivity index (χ4v) is 1.53. The van der Waals surface area contributed by atoms with Crippen LogP contribution < -0.4 is 11.1 Å². The Hall–Kier alpha value is -2.27. The maximum absolute atomic E-state index is 11.7. The zero-order chi connectivity index (χ0) is 13.0. The van der Waals surface area contributed by atoms with E-state index in [1.165, 1.54) is 0 Å². The van der Waals surface area contributed by atoms with E-state index in [1.54, 1.807) is 36.4 Å². The number of benzene rings is 1. The Labute approximate surface area is 104 Å². The number of rotatable bonds is 4. The number of furan rings is 1. The average Bonchev–Trinajstić information content (AvgIpc) is 2.86. The van der Waals surface area contributed by atoms with Crippen molar-refractivity contribution in [2.75, 3.05) is 0 Å². The number of amides is 1. The molecule has 18 heavy (non-hydrogen) atoms. The van der Waals surface area contributed by atoms with Gasteiger partial charge in [-0.3, -0.25) is 4.79 Å². The molecule has 1 heterocycles. The molecule has 5 heteroatoms. The molecular weight excluding hydrogens is 232 g/mol. The van der Waals surface area contributed by atoms with Crippen molar-refractivity contribution in [1.29, 1.82) is 0 Å². The monoisotopic (exact) mass is 246 g/mol. The van der Waals surface area contributed by atoms with Crippen LogP contribution in [0.4, 0.5) is 0 Å². The van der Waals surface area contributed by atoms with Gasteiger partial charge in [-0.15, -0.1) is 0 Å². The highest BCUT2D eigenvalue weighted by Gasteiger charge is 2.10. The second-order valence-electron chi connectivity index (χ2n) is 3.78. The van der Waals surface area contributed by atoms with Crippen LogP contribution in [0.5, 0.6) is 5.75 Å². The summed E-state index contributed by atoms with van der Waals surface area (Å²) in [5.41, 5.74) is 6.04. The van der Waals surface area contributed by atoms with Crippen LogP contribution in [0.25, 0.3) is 0 Å². The number of nitrogens with two attached hydrogens (primary N) is 1. The van der Waals surface area contributed by atoms with Crippen LogP contribution in [-0.2, 0) is 13.1 Å². The Kier molecular flexibility index (Phi) is 3.64. The first-order chi connectivity index (χ1) is 8.70. The number of hydrogen-bond acceptors (Lipinski definition) is 4. The van der Waals surface area contributed by atoms with Crippen LogP contribution in [0.15, 0.2) is 40.8 Å². The van der Waals surface area contributed by atoms with Gasteiger partial charge in [-0.1, -0.05) is 18.2 Å². The second-order valence-corrected chi connectivity index (χ2v) is 3.78. The van der Waals surface area contributed by atoms with Gasteiger partial charge in [0.2, 0.25) is 0 Å². The molecule has 0 aliphatic carbocycles. The van der Waals surface area contributed by atoms with Crippen molar-refractivity contribution >= 4 is 5.91 Å². The number of aromatic hydroxyl groups is 1. The van der Waals surface area contributed by atoms with Crippen LogP contribution in [0.2, 0.25) is 0 Å². The summed E-state index contributed by atoms with van der Waals surface area (Å²) in [6.45, 7) is 0.497. The smallest absolute Gasteiger partial charge is 0.287 e. The summed E-state index contributed by atoms with van der Waals surface area (Å²) in [5.74, 6) is 0.589. The first-order valence-electron chi connectivity index (χ1n) is 5.54. The average molecular weight is 246 g/mol. The first-order valence-corrected chi connectivity index (χ1v) is 5.54. The van der Waals surface area contributed by atoms with Gasteiger partial charge in [0.05, 0.1) is 6.54 Å². The van der Waals surface area contributed by atoms with Gasteiger partial charge in [0.1, 0.15) is 11.5 Å². The summed E-state index contributed by atoms with van der Waals surface area (Å²) in [6, 6.07) is 10.1. The first kappa shape index (κ1) is 12.2. The van der Waals surface area contributed by atoms with Gasteiger partial charge in [0, 0.05) is 12.1 Å². The Morgan fingerprint density at radius 1 is 1.28 bits per heavy atom. The van der Waals surface area contributed by atoms with Gasteiger partial charge in [0.15, 0.2) is 5.76 Å². The van der Waals surface area contributed by atoms with E-state index in [-0.39, 0.29) is 30.5 Å². The molecule has 0 aliphatic rings. The predicted molar refractivity (Wildman–Crippen MR) is 65.9 cm³/mol. The molecule has 2 rings (SSSR count). The maximum atomic E-state index is 11.7. The lowest BCUT2D eigenvalue weighted by Crippen LogP contribution is -2.22. The molecule has 0 fully saturated rings. The molecule has 0 atom stereocenters. The maximum Gasteiger partial charge on any atom is 0.287 e. The molecule has 1 amide bonds. The van der Waals surface area contributed by atoms with Crippen molar-refractivity contribution in [2.24, 2.45) is 5.73 Å². The Bertz CT molecular complexity index is 549. The third kappa shape index (κ3) is 2.70. The molecule has 4 N–H and O–H groups in total. The molecule has 94 valence electrons. The highest BCUT2D eigenvalue weighted by atomic mass is 16.4. The van der Waals surface area contributed by atoms with E-state index in [2.05, 4.69) is 5.32 Å². The van der Waals surface area contributed by atoms with Gasteiger partial charge >= 0.3 is 0 Å². The highest BCUT2D eigenvalue weighted by Crippen LogP contribution is 2.15. The zero-order valence-electron chi connectivity index (χ0n) is 9.72. The van der Waals surface area contributed by atoms with E-state index >= 15 is 0 Å². The van der Waals surface area contributed by atoms with Gasteiger partial charge in [0.25, 0.3) is 5.91 Å². The van der Waals surface area contributed by atoms with Gasteiger partial charge in [-0.05, 0) is 18.2 Å². The number of phenolic OH excluding ortho intramolecular Hbond substituents is 1. The van der Waals surface area contributed by atoms with Gasteiger partial charge < -0.3 is 20.6 Å². The number of nitrogens with one attached hydrogen (secondary N) is 1. The quantitative estimate of drug-likeness (QED) is 0.760. The molecule has 0 radical (unpaired) electrons. The van der Waals surface area contributed by atoms with E-state index in [1.807, 2.05) is 0 Å². The second kappa shape index (κ2) is 5.37. The number of carbonyl (C=O) groups is 1. The lowest BCUT2D eigenvalue weighted by Gasteiger charge is -2.05. The molecule has 2 aromatic rings. The van der Waals surface area contributed by atoms with Crippen molar-refractivity contribution in [3.8, 4) is 5.75 Å². The largest absolute Gasteiger partial charge is 0.508 e. The lowest BCUT2D eigenvalue weighted by molar-refractivity contribution is 0.0921. The summed E-state index contributed by atoms with van der Waals surface area (Å²) in [6.07, 6.45) is 0. The molecule has 1 aromatic heterocycles. The minimum absolute atomic E-state index is 0.153. The Morgan fingerprint density at radius 2 is 2.06 bits per heavy atom. The Morgan fingerprint density at radius 3 is 2.72 bits per heavy atom. The molecule has 0 spiro atoms. The topological polar surface area (TPSA) is 88.5 Å². The van der Waals surface area contributed by atoms with Crippen molar-refractivity contribution in [3.63, 3.8) is 0 Å². The van der Waals surface area contributed by atoms with Crippen LogP contribution in [0, 0.1) is 0 Å². The third-order valence-corrected chi connectivity index (χ3v) is 2.52. The summed E-state index contributed by atoms with van der Waals surface area (Å²) in [5, 5.41) is 12.2. The number of phenols is 1. The fourth-order valence-electron chi connectivity index (χ4n) is 1.53. The van der Waals surface area contributed by atoms with Gasteiger partial charge in [-0.25, -0.2) is 0 Å². The lowest BCUT2D eigenvalue weighted by atomic mass is 10.2. The van der Waals surface area contributed by atoms with Crippen molar-refractivity contribution in [2.45, 2.75) is 13.1 Å². The standard InChI is InChI=1S/C13H14N2O3/c14-7-10-5-6-12(18-10)13(17)15-8-9-3-1-2-4-11(9)16/h1-6,16H,7-8,14H2,(H,15,17). The van der Waals surface area contributed by atoms with E-state index in [0.29, 0.717) is 11.3 Å². The normalized spacial score (nSPS) is 10.3. The predicted octanol–water partition coefficient (Wildman–Crippen LogP) is 1.37. The molecule has 5 nitrogen and oxygen atoms in total. The number of hydrogen-bond donors (Lipinski definition) is 3. The van der Waals surface area contributed by atoms with Crippen LogP contribution in [0.3, 0.4) is 0 Å². The van der Waals surface area contributed by atoms with E-state index in [4.69, 9.17) is 10.2 Å². The molecular formula is C13H14N2O3. The zero-order valence-corrected chi connectivity index (χ0v) is 9.72. The SMILES string of the molecule is NCc1ccc(C(=O)NCc2ccccc2O)o1. The van der Waals surface area contributed by atoms with E-state index in [0.717, 1.165) is 0 Å². The van der Waals surface area contributed by atoms with Crippen molar-refractivity contribution < 1.29 is 14.3 Å². The van der Waals surface area contributed by atoms with Gasteiger partial charge in [-0.2, -0.15) is 0 Å². The minimum Gasteiger partial charge on any atom is -0.508 e. The molecule has 0 aliphatic heterocycles. The van der Waals surface area contributed by atoms with Crippen molar-refractivity contribution in [3.05, 3.63) is 53.5 Å². The fraction of sp³-hybridized carbons (Fsp3) is 0.154. The number of carbonyl (C=O) groups excluding carboxylic acids is 1. The Balaban J connectivity index is 1.98. The molecule has 0 bridgehead atoms. The van der Waals surface area contributed by atoms with Crippen LogP contribution >= 0.6 is 0 Å². The van der Waals surface area contributed by atoms with Crippen LogP contribution in [0.1, 0.15) is 21.9 Å². The minimum atomic E-state index is -0.335.